The van der Waals surface area contributed by atoms with Crippen LogP contribution in [0.4, 0.5) is 0 Å². The van der Waals surface area contributed by atoms with E-state index in [0.717, 1.165) is 18.8 Å². The molecule has 59 valence electrons. The molecule has 11 heavy (non-hydrogen) atoms. The van der Waals surface area contributed by atoms with E-state index in [2.05, 4.69) is 13.0 Å². The number of hydrogen-bond acceptors (Lipinski definition) is 1. The summed E-state index contributed by atoms with van der Waals surface area (Å²) >= 11 is 5.66. The van der Waals surface area contributed by atoms with Gasteiger partial charge < -0.3 is 4.74 Å². The largest absolute Gasteiger partial charge is 0.493 e. The molecular weight excluding hydrogens is 160 g/mol. The lowest BCUT2D eigenvalue weighted by Crippen LogP contribution is -1.94. The van der Waals surface area contributed by atoms with Gasteiger partial charge in [-0.25, -0.2) is 0 Å². The molecule has 1 rings (SSSR count). The third-order valence-corrected chi connectivity index (χ3v) is 1.44. The molecular formula is C9H10ClO. The molecule has 0 saturated carbocycles. The van der Waals surface area contributed by atoms with Gasteiger partial charge in [0.1, 0.15) is 5.75 Å². The van der Waals surface area contributed by atoms with E-state index >= 15 is 0 Å². The van der Waals surface area contributed by atoms with Crippen molar-refractivity contribution in [2.75, 3.05) is 6.61 Å². The lowest BCUT2D eigenvalue weighted by Gasteiger charge is -2.02. The molecule has 0 heterocycles. The third-order valence-electron chi connectivity index (χ3n) is 1.21. The Balaban J connectivity index is 2.52. The highest BCUT2D eigenvalue weighted by Gasteiger charge is 1.91. The second-order valence-electron chi connectivity index (χ2n) is 2.22. The highest BCUT2D eigenvalue weighted by molar-refractivity contribution is 6.30. The number of ether oxygens (including phenoxy) is 1. The predicted octanol–water partition coefficient (Wildman–Crippen LogP) is 2.93. The molecule has 0 saturated heterocycles. The Morgan fingerprint density at radius 3 is 2.91 bits per heavy atom. The molecule has 1 aromatic carbocycles. The van der Waals surface area contributed by atoms with Crippen LogP contribution in [0.3, 0.4) is 0 Å². The van der Waals surface area contributed by atoms with E-state index in [0.29, 0.717) is 5.02 Å². The summed E-state index contributed by atoms with van der Waals surface area (Å²) in [5.74, 6) is 0.760. The van der Waals surface area contributed by atoms with Gasteiger partial charge in [-0.2, -0.15) is 0 Å². The van der Waals surface area contributed by atoms with Crippen molar-refractivity contribution in [3.8, 4) is 5.75 Å². The first-order valence-electron chi connectivity index (χ1n) is 3.63. The van der Waals surface area contributed by atoms with Crippen molar-refractivity contribution in [2.45, 2.75) is 13.3 Å². The summed E-state index contributed by atoms with van der Waals surface area (Å²) in [5, 5.41) is 0.689. The Morgan fingerprint density at radius 1 is 1.55 bits per heavy atom. The van der Waals surface area contributed by atoms with Crippen molar-refractivity contribution in [2.24, 2.45) is 0 Å². The van der Waals surface area contributed by atoms with Gasteiger partial charge in [0.15, 0.2) is 0 Å². The molecule has 0 fully saturated rings. The van der Waals surface area contributed by atoms with Crippen molar-refractivity contribution in [1.82, 2.24) is 0 Å². The maximum absolute atomic E-state index is 5.66. The predicted molar refractivity (Wildman–Crippen MR) is 46.1 cm³/mol. The van der Waals surface area contributed by atoms with Crippen molar-refractivity contribution in [3.05, 3.63) is 29.3 Å². The molecule has 0 aromatic heterocycles. The van der Waals surface area contributed by atoms with Crippen molar-refractivity contribution < 1.29 is 4.74 Å². The average Bonchev–Trinajstić information content (AvgIpc) is 2.04. The average molecular weight is 170 g/mol. The van der Waals surface area contributed by atoms with Gasteiger partial charge >= 0.3 is 0 Å². The maximum atomic E-state index is 5.66. The Hall–Kier alpha value is -0.690. The van der Waals surface area contributed by atoms with Gasteiger partial charge in [-0.15, -0.1) is 0 Å². The monoisotopic (exact) mass is 169 g/mol. The highest BCUT2D eigenvalue weighted by atomic mass is 35.5. The number of hydrogen-bond donors (Lipinski definition) is 0. The minimum absolute atomic E-state index is 0.689. The topological polar surface area (TPSA) is 9.23 Å². The van der Waals surface area contributed by atoms with E-state index in [9.17, 15) is 0 Å². The quantitative estimate of drug-likeness (QED) is 0.676. The molecule has 0 N–H and O–H groups in total. The zero-order valence-corrected chi connectivity index (χ0v) is 7.19. The van der Waals surface area contributed by atoms with Crippen LogP contribution in [0.5, 0.6) is 5.75 Å². The van der Waals surface area contributed by atoms with E-state index in [1.807, 2.05) is 6.07 Å². The standard InChI is InChI=1S/C9H10ClO/c1-2-7-11-9-5-3-8(10)4-6-9/h3-5H,2,7H2,1H3. The molecule has 0 amide bonds. The summed E-state index contributed by atoms with van der Waals surface area (Å²) in [6.45, 7) is 2.80. The fraction of sp³-hybridized carbons (Fsp3) is 0.333. The van der Waals surface area contributed by atoms with Gasteiger partial charge in [0, 0.05) is 11.1 Å². The summed E-state index contributed by atoms with van der Waals surface area (Å²) in [7, 11) is 0. The molecule has 0 unspecified atom stereocenters. The van der Waals surface area contributed by atoms with Crippen LogP contribution in [-0.2, 0) is 0 Å². The summed E-state index contributed by atoms with van der Waals surface area (Å²) in [6, 6.07) is 8.23. The fourth-order valence-electron chi connectivity index (χ4n) is 0.693. The molecule has 1 nitrogen and oxygen atoms in total. The van der Waals surface area contributed by atoms with Crippen LogP contribution < -0.4 is 4.74 Å². The van der Waals surface area contributed by atoms with Gasteiger partial charge in [0.05, 0.1) is 6.61 Å². The molecule has 0 aliphatic rings. The molecule has 0 atom stereocenters. The number of rotatable bonds is 3. The van der Waals surface area contributed by atoms with Crippen LogP contribution in [-0.4, -0.2) is 6.61 Å². The maximum Gasteiger partial charge on any atom is 0.127 e. The first kappa shape index (κ1) is 8.41. The van der Waals surface area contributed by atoms with Crippen LogP contribution in [0.1, 0.15) is 13.3 Å². The summed E-state index contributed by atoms with van der Waals surface area (Å²) < 4.78 is 5.30. The first-order valence-corrected chi connectivity index (χ1v) is 4.00. The van der Waals surface area contributed by atoms with Crippen molar-refractivity contribution >= 4 is 11.6 Å². The Kier molecular flexibility index (Phi) is 3.24. The Bertz CT molecular complexity index is 205. The zero-order chi connectivity index (χ0) is 8.10. The Morgan fingerprint density at radius 2 is 2.36 bits per heavy atom. The van der Waals surface area contributed by atoms with Crippen LogP contribution in [0.25, 0.3) is 0 Å². The SMILES string of the molecule is CCCOc1[c]cc(Cl)cc1. The van der Waals surface area contributed by atoms with Crippen LogP contribution in [0, 0.1) is 6.07 Å². The molecule has 1 aromatic rings. The lowest BCUT2D eigenvalue weighted by molar-refractivity contribution is 0.317. The van der Waals surface area contributed by atoms with Gasteiger partial charge in [0.2, 0.25) is 0 Å². The normalized spacial score (nSPS) is 9.64. The Labute approximate surface area is 71.9 Å². The van der Waals surface area contributed by atoms with Crippen molar-refractivity contribution in [3.63, 3.8) is 0 Å². The molecule has 0 aliphatic carbocycles. The molecule has 1 radical (unpaired) electrons. The smallest absolute Gasteiger partial charge is 0.127 e. The van der Waals surface area contributed by atoms with Gasteiger partial charge in [-0.3, -0.25) is 0 Å². The summed E-state index contributed by atoms with van der Waals surface area (Å²) in [6.07, 6.45) is 1.01. The molecule has 0 bridgehead atoms. The molecule has 0 spiro atoms. The minimum Gasteiger partial charge on any atom is -0.493 e. The molecule has 2 heteroatoms. The van der Waals surface area contributed by atoms with Crippen molar-refractivity contribution in [1.29, 1.82) is 0 Å². The van der Waals surface area contributed by atoms with E-state index < -0.39 is 0 Å². The number of benzene rings is 1. The number of halogens is 1. The van der Waals surface area contributed by atoms with Gasteiger partial charge in [-0.1, -0.05) is 18.5 Å². The highest BCUT2D eigenvalue weighted by Crippen LogP contribution is 2.14. The van der Waals surface area contributed by atoms with Gasteiger partial charge in [0.25, 0.3) is 0 Å². The summed E-state index contributed by atoms with van der Waals surface area (Å²) in [4.78, 5) is 0. The van der Waals surface area contributed by atoms with E-state index in [4.69, 9.17) is 16.3 Å². The lowest BCUT2D eigenvalue weighted by atomic mass is 10.3. The van der Waals surface area contributed by atoms with Crippen LogP contribution in [0.15, 0.2) is 18.2 Å². The fourth-order valence-corrected chi connectivity index (χ4v) is 0.811. The van der Waals surface area contributed by atoms with Crippen LogP contribution in [0.2, 0.25) is 5.02 Å². The van der Waals surface area contributed by atoms with E-state index in [1.165, 1.54) is 0 Å². The van der Waals surface area contributed by atoms with E-state index in [-0.39, 0.29) is 0 Å². The zero-order valence-electron chi connectivity index (χ0n) is 6.43. The first-order chi connectivity index (χ1) is 5.33. The molecule has 0 aliphatic heterocycles. The summed E-state index contributed by atoms with van der Waals surface area (Å²) in [5.41, 5.74) is 0. The van der Waals surface area contributed by atoms with E-state index in [1.54, 1.807) is 12.1 Å². The second kappa shape index (κ2) is 4.24. The third kappa shape index (κ3) is 2.81. The van der Waals surface area contributed by atoms with Crippen LogP contribution >= 0.6 is 11.6 Å². The minimum atomic E-state index is 0.689. The second-order valence-corrected chi connectivity index (χ2v) is 2.66. The van der Waals surface area contributed by atoms with Gasteiger partial charge in [-0.05, 0) is 24.6 Å².